The molecule has 102 valence electrons. The van der Waals surface area contributed by atoms with Gasteiger partial charge >= 0.3 is 11.0 Å². The van der Waals surface area contributed by atoms with E-state index >= 15 is 0 Å². The van der Waals surface area contributed by atoms with Crippen LogP contribution < -0.4 is 0 Å². The number of likely N-dealkylation sites (tertiary alicyclic amines) is 1. The van der Waals surface area contributed by atoms with Crippen molar-refractivity contribution in [2.24, 2.45) is 0 Å². The fraction of sp³-hybridized carbons (Fsp3) is 0.455. The Kier molecular flexibility index (Phi) is 3.79. The number of hydrogen-bond acceptors (Lipinski definition) is 5. The van der Waals surface area contributed by atoms with Gasteiger partial charge < -0.3 is 10.0 Å². The Morgan fingerprint density at radius 3 is 2.79 bits per heavy atom. The molecule has 0 aromatic carbocycles. The predicted molar refractivity (Wildman–Crippen MR) is 67.3 cm³/mol. The molecule has 1 saturated heterocycles. The molecule has 0 aliphatic carbocycles. The molecule has 7 nitrogen and oxygen atoms in total. The van der Waals surface area contributed by atoms with Crippen molar-refractivity contribution in [3.63, 3.8) is 0 Å². The third-order valence-electron chi connectivity index (χ3n) is 3.06. The summed E-state index contributed by atoms with van der Waals surface area (Å²) >= 11 is 0.866. The summed E-state index contributed by atoms with van der Waals surface area (Å²) in [6.07, 6.45) is 1.94. The number of piperidine rings is 1. The Labute approximate surface area is 112 Å². The monoisotopic (exact) mass is 284 g/mol. The second-order valence-corrected chi connectivity index (χ2v) is 5.17. The number of hydrogen-bond donors (Lipinski definition) is 1. The number of carbonyl (C=O) groups is 2. The van der Waals surface area contributed by atoms with E-state index in [4.69, 9.17) is 5.11 Å². The number of carbonyl (C=O) groups excluding carboxylic acids is 1. The van der Waals surface area contributed by atoms with Crippen LogP contribution >= 0.6 is 11.3 Å². The molecule has 19 heavy (non-hydrogen) atoms. The fourth-order valence-electron chi connectivity index (χ4n) is 2.13. The molecule has 0 spiro atoms. The van der Waals surface area contributed by atoms with Crippen LogP contribution in [0, 0.1) is 10.1 Å². The van der Waals surface area contributed by atoms with Crippen LogP contribution in [0.25, 0.3) is 0 Å². The van der Waals surface area contributed by atoms with E-state index < -0.39 is 22.8 Å². The molecule has 1 aliphatic rings. The Bertz CT molecular complexity index is 527. The molecule has 1 aromatic heterocycles. The minimum Gasteiger partial charge on any atom is -0.480 e. The summed E-state index contributed by atoms with van der Waals surface area (Å²) in [6.45, 7) is 0.374. The second-order valence-electron chi connectivity index (χ2n) is 4.28. The first kappa shape index (κ1) is 13.5. The maximum atomic E-state index is 12.2. The molecule has 0 bridgehead atoms. The summed E-state index contributed by atoms with van der Waals surface area (Å²) in [5, 5.41) is 21.0. The van der Waals surface area contributed by atoms with Crippen molar-refractivity contribution < 1.29 is 19.6 Å². The van der Waals surface area contributed by atoms with E-state index in [1.807, 2.05) is 0 Å². The van der Waals surface area contributed by atoms with Gasteiger partial charge in [-0.15, -0.1) is 0 Å². The van der Waals surface area contributed by atoms with Crippen LogP contribution in [-0.4, -0.2) is 39.4 Å². The predicted octanol–water partition coefficient (Wildman–Crippen LogP) is 1.74. The van der Waals surface area contributed by atoms with Crippen LogP contribution in [0.2, 0.25) is 0 Å². The lowest BCUT2D eigenvalue weighted by atomic mass is 10.0. The standard InChI is InChI=1S/C11H12N2O5S/c14-10(7-5-9(13(17)18)19-6-7)12-4-2-1-3-8(12)11(15)16/h5-6,8H,1-4H2,(H,15,16). The van der Waals surface area contributed by atoms with Crippen LogP contribution in [0.5, 0.6) is 0 Å². The molecule has 1 atom stereocenters. The Morgan fingerprint density at radius 1 is 1.47 bits per heavy atom. The molecule has 1 aliphatic heterocycles. The third kappa shape index (κ3) is 2.73. The molecule has 1 N–H and O–H groups in total. The molecule has 0 saturated carbocycles. The van der Waals surface area contributed by atoms with Gasteiger partial charge in [-0.05, 0) is 19.3 Å². The number of carboxylic acid groups (broad SMARTS) is 1. The minimum absolute atomic E-state index is 0.118. The number of carboxylic acids is 1. The highest BCUT2D eigenvalue weighted by Crippen LogP contribution is 2.26. The van der Waals surface area contributed by atoms with Gasteiger partial charge in [-0.2, -0.15) is 0 Å². The van der Waals surface area contributed by atoms with E-state index in [0.29, 0.717) is 13.0 Å². The normalized spacial score (nSPS) is 19.2. The zero-order valence-corrected chi connectivity index (χ0v) is 10.8. The van der Waals surface area contributed by atoms with Gasteiger partial charge in [0.15, 0.2) is 0 Å². The molecule has 1 fully saturated rings. The summed E-state index contributed by atoms with van der Waals surface area (Å²) in [7, 11) is 0. The summed E-state index contributed by atoms with van der Waals surface area (Å²) in [5.41, 5.74) is 0.185. The smallest absolute Gasteiger partial charge is 0.326 e. The van der Waals surface area contributed by atoms with Crippen LogP contribution in [0.1, 0.15) is 29.6 Å². The largest absolute Gasteiger partial charge is 0.480 e. The summed E-state index contributed by atoms with van der Waals surface area (Å²) in [6, 6.07) is 0.362. The van der Waals surface area contributed by atoms with Gasteiger partial charge in [0, 0.05) is 18.0 Å². The number of aliphatic carboxylic acids is 1. The zero-order valence-electron chi connectivity index (χ0n) is 9.94. The highest BCUT2D eigenvalue weighted by molar-refractivity contribution is 7.13. The van der Waals surface area contributed by atoms with Crippen molar-refractivity contribution in [3.8, 4) is 0 Å². The average molecular weight is 284 g/mol. The number of nitro groups is 1. The van der Waals surface area contributed by atoms with E-state index in [1.165, 1.54) is 16.3 Å². The topological polar surface area (TPSA) is 101 Å². The maximum Gasteiger partial charge on any atom is 0.326 e. The summed E-state index contributed by atoms with van der Waals surface area (Å²) < 4.78 is 0. The Balaban J connectivity index is 2.21. The molecule has 2 rings (SSSR count). The lowest BCUT2D eigenvalue weighted by Gasteiger charge is -2.32. The molecule has 1 aromatic rings. The van der Waals surface area contributed by atoms with Crippen molar-refractivity contribution in [1.82, 2.24) is 4.90 Å². The van der Waals surface area contributed by atoms with E-state index in [1.54, 1.807) is 0 Å². The van der Waals surface area contributed by atoms with Crippen LogP contribution in [0.4, 0.5) is 5.00 Å². The van der Waals surface area contributed by atoms with E-state index in [0.717, 1.165) is 24.2 Å². The summed E-state index contributed by atoms with van der Waals surface area (Å²) in [5.74, 6) is -1.48. The highest BCUT2D eigenvalue weighted by Gasteiger charge is 2.33. The molecular formula is C11H12N2O5S. The van der Waals surface area contributed by atoms with Gasteiger partial charge in [-0.25, -0.2) is 4.79 Å². The first-order valence-electron chi connectivity index (χ1n) is 5.77. The van der Waals surface area contributed by atoms with Crippen LogP contribution in [-0.2, 0) is 4.79 Å². The zero-order chi connectivity index (χ0) is 14.0. The SMILES string of the molecule is O=C(O)C1CCCCN1C(=O)c1csc([N+](=O)[O-])c1. The molecular weight excluding hydrogens is 272 g/mol. The highest BCUT2D eigenvalue weighted by atomic mass is 32.1. The number of nitrogens with zero attached hydrogens (tertiary/aromatic N) is 2. The van der Waals surface area contributed by atoms with Gasteiger partial charge in [0.1, 0.15) is 6.04 Å². The Morgan fingerprint density at radius 2 is 2.21 bits per heavy atom. The van der Waals surface area contributed by atoms with Gasteiger partial charge in [0.25, 0.3) is 5.91 Å². The number of amides is 1. The molecule has 1 amide bonds. The second kappa shape index (κ2) is 5.35. The quantitative estimate of drug-likeness (QED) is 0.673. The fourth-order valence-corrected chi connectivity index (χ4v) is 2.83. The van der Waals surface area contributed by atoms with Crippen molar-refractivity contribution in [1.29, 1.82) is 0 Å². The van der Waals surface area contributed by atoms with Gasteiger partial charge in [-0.3, -0.25) is 14.9 Å². The minimum atomic E-state index is -1.03. The van der Waals surface area contributed by atoms with E-state index in [9.17, 15) is 19.7 Å². The van der Waals surface area contributed by atoms with Gasteiger partial charge in [0.2, 0.25) is 0 Å². The maximum absolute atomic E-state index is 12.2. The first-order valence-corrected chi connectivity index (χ1v) is 6.65. The first-order chi connectivity index (χ1) is 9.00. The van der Waals surface area contributed by atoms with Crippen molar-refractivity contribution in [2.45, 2.75) is 25.3 Å². The number of rotatable bonds is 3. The van der Waals surface area contributed by atoms with Gasteiger partial charge in [0.05, 0.1) is 10.5 Å². The molecule has 2 heterocycles. The van der Waals surface area contributed by atoms with Crippen LogP contribution in [0.15, 0.2) is 11.4 Å². The van der Waals surface area contributed by atoms with Crippen LogP contribution in [0.3, 0.4) is 0 Å². The van der Waals surface area contributed by atoms with Crippen molar-refractivity contribution >= 4 is 28.2 Å². The average Bonchev–Trinajstić information content (AvgIpc) is 2.87. The molecule has 0 radical (unpaired) electrons. The van der Waals surface area contributed by atoms with E-state index in [-0.39, 0.29) is 10.6 Å². The Hall–Kier alpha value is -1.96. The lowest BCUT2D eigenvalue weighted by molar-refractivity contribution is -0.380. The molecule has 1 unspecified atom stereocenters. The van der Waals surface area contributed by atoms with Gasteiger partial charge in [-0.1, -0.05) is 11.3 Å². The van der Waals surface area contributed by atoms with Crippen molar-refractivity contribution in [2.75, 3.05) is 6.54 Å². The van der Waals surface area contributed by atoms with E-state index in [2.05, 4.69) is 0 Å². The lowest BCUT2D eigenvalue weighted by Crippen LogP contribution is -2.47. The van der Waals surface area contributed by atoms with Crippen molar-refractivity contribution in [3.05, 3.63) is 27.1 Å². The molecule has 8 heteroatoms. The third-order valence-corrected chi connectivity index (χ3v) is 3.94. The summed E-state index contributed by atoms with van der Waals surface area (Å²) in [4.78, 5) is 34.6. The number of thiophene rings is 1.